The van der Waals surface area contributed by atoms with Crippen LogP contribution in [0.25, 0.3) is 11.0 Å². The molecule has 0 radical (unpaired) electrons. The Kier molecular flexibility index (Phi) is 3.99. The van der Waals surface area contributed by atoms with Gasteiger partial charge in [-0.15, -0.1) is 0 Å². The molecule has 0 unspecified atom stereocenters. The first-order chi connectivity index (χ1) is 12.1. The number of carbonyl (C=O) groups excluding carboxylic acids is 1. The van der Waals surface area contributed by atoms with Crippen molar-refractivity contribution in [2.45, 2.75) is 13.0 Å². The number of nitrogens with one attached hydrogen (secondary N) is 2. The summed E-state index contributed by atoms with van der Waals surface area (Å²) in [6.07, 6.45) is 0. The normalized spacial score (nSPS) is 16.5. The van der Waals surface area contributed by atoms with Gasteiger partial charge in [0.1, 0.15) is 0 Å². The predicted molar refractivity (Wildman–Crippen MR) is 107 cm³/mol. The first-order valence-electron chi connectivity index (χ1n) is 8.02. The zero-order valence-electron chi connectivity index (χ0n) is 13.9. The molecular formula is C19H17IN4O. The van der Waals surface area contributed by atoms with E-state index in [4.69, 9.17) is 4.98 Å². The molecule has 5 nitrogen and oxygen atoms in total. The third-order valence-electron chi connectivity index (χ3n) is 4.49. The zero-order chi connectivity index (χ0) is 17.6. The van der Waals surface area contributed by atoms with Crippen LogP contribution in [0.4, 0.5) is 5.95 Å². The van der Waals surface area contributed by atoms with Crippen LogP contribution >= 0.6 is 22.6 Å². The minimum atomic E-state index is -0.222. The Bertz CT molecular complexity index is 1000. The SMILES string of the molecule is CNC(=O)C1=C(C)Nc2nc3ccccc3n2[C@H]1c1ccc(I)cc1. The Hall–Kier alpha value is -2.35. The Morgan fingerprint density at radius 2 is 1.92 bits per heavy atom. The average molecular weight is 444 g/mol. The van der Waals surface area contributed by atoms with Gasteiger partial charge < -0.3 is 10.6 Å². The van der Waals surface area contributed by atoms with Crippen molar-refractivity contribution < 1.29 is 4.79 Å². The lowest BCUT2D eigenvalue weighted by Crippen LogP contribution is -2.33. The molecule has 3 aromatic rings. The highest BCUT2D eigenvalue weighted by molar-refractivity contribution is 14.1. The lowest BCUT2D eigenvalue weighted by molar-refractivity contribution is -0.117. The standard InChI is InChI=1S/C19H17IN4O/c1-11-16(18(25)21-2)17(12-7-9-13(20)10-8-12)24-15-6-4-3-5-14(15)23-19(24)22-11/h3-10,17H,1-2H3,(H,21,25)(H,22,23)/t17-/m0/s1. The van der Waals surface area contributed by atoms with E-state index in [1.807, 2.05) is 31.2 Å². The van der Waals surface area contributed by atoms with E-state index < -0.39 is 0 Å². The minimum Gasteiger partial charge on any atom is -0.355 e. The van der Waals surface area contributed by atoms with Crippen LogP contribution in [0.15, 0.2) is 59.8 Å². The van der Waals surface area contributed by atoms with Crippen molar-refractivity contribution in [3.05, 3.63) is 68.9 Å². The van der Waals surface area contributed by atoms with E-state index in [1.165, 1.54) is 0 Å². The summed E-state index contributed by atoms with van der Waals surface area (Å²) < 4.78 is 3.27. The van der Waals surface area contributed by atoms with Gasteiger partial charge in [-0.05, 0) is 59.3 Å². The highest BCUT2D eigenvalue weighted by atomic mass is 127. The fraction of sp³-hybridized carbons (Fsp3) is 0.158. The number of hydrogen-bond acceptors (Lipinski definition) is 3. The fourth-order valence-corrected chi connectivity index (χ4v) is 3.71. The van der Waals surface area contributed by atoms with Crippen LogP contribution in [0.1, 0.15) is 18.5 Å². The van der Waals surface area contributed by atoms with E-state index in [1.54, 1.807) is 7.05 Å². The van der Waals surface area contributed by atoms with E-state index in [9.17, 15) is 4.79 Å². The first-order valence-corrected chi connectivity index (χ1v) is 9.10. The summed E-state index contributed by atoms with van der Waals surface area (Å²) in [6, 6.07) is 16.0. The largest absolute Gasteiger partial charge is 0.355 e. The lowest BCUT2D eigenvalue weighted by atomic mass is 9.94. The predicted octanol–water partition coefficient (Wildman–Crippen LogP) is 3.68. The van der Waals surface area contributed by atoms with Gasteiger partial charge in [-0.1, -0.05) is 24.3 Å². The monoisotopic (exact) mass is 444 g/mol. The zero-order valence-corrected chi connectivity index (χ0v) is 16.0. The molecular weight excluding hydrogens is 427 g/mol. The summed E-state index contributed by atoms with van der Waals surface area (Å²) in [4.78, 5) is 17.4. The van der Waals surface area contributed by atoms with Gasteiger partial charge in [0.25, 0.3) is 5.91 Å². The van der Waals surface area contributed by atoms with Crippen molar-refractivity contribution in [2.24, 2.45) is 0 Å². The molecule has 1 amide bonds. The van der Waals surface area contributed by atoms with Crippen LogP contribution < -0.4 is 10.6 Å². The van der Waals surface area contributed by atoms with Gasteiger partial charge in [-0.2, -0.15) is 0 Å². The molecule has 0 saturated carbocycles. The van der Waals surface area contributed by atoms with Crippen molar-refractivity contribution in [1.82, 2.24) is 14.9 Å². The summed E-state index contributed by atoms with van der Waals surface area (Å²) in [5, 5.41) is 6.07. The number of rotatable bonds is 2. The maximum absolute atomic E-state index is 12.7. The Labute approximate surface area is 159 Å². The number of benzene rings is 2. The summed E-state index contributed by atoms with van der Waals surface area (Å²) in [5.41, 5.74) is 4.50. The molecule has 4 rings (SSSR count). The summed E-state index contributed by atoms with van der Waals surface area (Å²) >= 11 is 2.29. The van der Waals surface area contributed by atoms with Crippen LogP contribution in [0.2, 0.25) is 0 Å². The van der Waals surface area contributed by atoms with E-state index in [-0.39, 0.29) is 11.9 Å². The van der Waals surface area contributed by atoms with E-state index in [2.05, 4.69) is 62.1 Å². The molecule has 2 heterocycles. The highest BCUT2D eigenvalue weighted by Gasteiger charge is 2.33. The van der Waals surface area contributed by atoms with Gasteiger partial charge in [0.05, 0.1) is 22.6 Å². The molecule has 2 aromatic carbocycles. The number of anilines is 1. The highest BCUT2D eigenvalue weighted by Crippen LogP contribution is 2.39. The number of carbonyl (C=O) groups is 1. The Balaban J connectivity index is 2.01. The average Bonchev–Trinajstić information content (AvgIpc) is 2.98. The summed E-state index contributed by atoms with van der Waals surface area (Å²) in [5.74, 6) is 0.673. The second-order valence-corrected chi connectivity index (χ2v) is 7.24. The third-order valence-corrected chi connectivity index (χ3v) is 5.21. The number of halogens is 1. The van der Waals surface area contributed by atoms with Gasteiger partial charge in [-0.25, -0.2) is 4.98 Å². The molecule has 1 atom stereocenters. The lowest BCUT2D eigenvalue weighted by Gasteiger charge is -2.30. The molecule has 1 aliphatic heterocycles. The van der Waals surface area contributed by atoms with Crippen molar-refractivity contribution >= 4 is 45.5 Å². The van der Waals surface area contributed by atoms with Crippen molar-refractivity contribution in [3.8, 4) is 0 Å². The maximum atomic E-state index is 12.7. The molecule has 0 saturated heterocycles. The van der Waals surface area contributed by atoms with Gasteiger partial charge >= 0.3 is 0 Å². The van der Waals surface area contributed by atoms with Gasteiger partial charge in [-0.3, -0.25) is 9.36 Å². The van der Waals surface area contributed by atoms with Gasteiger partial charge in [0.15, 0.2) is 0 Å². The Morgan fingerprint density at radius 3 is 2.64 bits per heavy atom. The maximum Gasteiger partial charge on any atom is 0.251 e. The van der Waals surface area contributed by atoms with Crippen LogP contribution in [0.5, 0.6) is 0 Å². The quantitative estimate of drug-likeness (QED) is 0.594. The molecule has 25 heavy (non-hydrogen) atoms. The molecule has 1 aliphatic rings. The number of para-hydroxylation sites is 2. The molecule has 0 aliphatic carbocycles. The van der Waals surface area contributed by atoms with Crippen LogP contribution in [0, 0.1) is 3.57 Å². The second kappa shape index (κ2) is 6.18. The number of allylic oxidation sites excluding steroid dienone is 1. The number of hydrogen-bond donors (Lipinski definition) is 2. The minimum absolute atomic E-state index is 0.0861. The number of imidazole rings is 1. The first kappa shape index (κ1) is 16.1. The van der Waals surface area contributed by atoms with E-state index in [0.717, 1.165) is 31.8 Å². The Morgan fingerprint density at radius 1 is 1.20 bits per heavy atom. The van der Waals surface area contributed by atoms with Crippen LogP contribution in [-0.4, -0.2) is 22.5 Å². The summed E-state index contributed by atoms with van der Waals surface area (Å²) in [6.45, 7) is 1.92. The molecule has 0 bridgehead atoms. The molecule has 6 heteroatoms. The van der Waals surface area contributed by atoms with Crippen molar-refractivity contribution in [2.75, 3.05) is 12.4 Å². The number of aromatic nitrogens is 2. The van der Waals surface area contributed by atoms with E-state index >= 15 is 0 Å². The van der Waals surface area contributed by atoms with Crippen LogP contribution in [-0.2, 0) is 4.79 Å². The summed E-state index contributed by atoms with van der Waals surface area (Å²) in [7, 11) is 1.66. The van der Waals surface area contributed by atoms with E-state index in [0.29, 0.717) is 5.57 Å². The fourth-order valence-electron chi connectivity index (χ4n) is 3.35. The van der Waals surface area contributed by atoms with Gasteiger partial charge in [0, 0.05) is 16.3 Å². The van der Waals surface area contributed by atoms with Gasteiger partial charge in [0.2, 0.25) is 5.95 Å². The smallest absolute Gasteiger partial charge is 0.251 e. The molecule has 0 fully saturated rings. The molecule has 1 aromatic heterocycles. The van der Waals surface area contributed by atoms with Crippen molar-refractivity contribution in [1.29, 1.82) is 0 Å². The van der Waals surface area contributed by atoms with Crippen LogP contribution in [0.3, 0.4) is 0 Å². The molecule has 126 valence electrons. The number of fused-ring (bicyclic) bond motifs is 3. The number of likely N-dealkylation sites (N-methyl/N-ethyl adjacent to an activating group) is 1. The second-order valence-electron chi connectivity index (χ2n) is 5.99. The third kappa shape index (κ3) is 2.60. The topological polar surface area (TPSA) is 59.0 Å². The number of amides is 1. The molecule has 2 N–H and O–H groups in total. The van der Waals surface area contributed by atoms with Crippen molar-refractivity contribution in [3.63, 3.8) is 0 Å². The molecule has 0 spiro atoms. The number of nitrogens with zero attached hydrogens (tertiary/aromatic N) is 2.